The highest BCUT2D eigenvalue weighted by Gasteiger charge is 2.18. The third-order valence-electron chi connectivity index (χ3n) is 4.01. The molecule has 0 saturated carbocycles. The lowest BCUT2D eigenvalue weighted by atomic mass is 10.1. The van der Waals surface area contributed by atoms with Gasteiger partial charge in [0.2, 0.25) is 0 Å². The highest BCUT2D eigenvalue weighted by atomic mass is 16.6. The van der Waals surface area contributed by atoms with Crippen molar-refractivity contribution in [3.8, 4) is 5.75 Å². The summed E-state index contributed by atoms with van der Waals surface area (Å²) < 4.78 is 5.49. The Hall–Kier alpha value is -1.71. The second kappa shape index (κ2) is 7.91. The highest BCUT2D eigenvalue weighted by Crippen LogP contribution is 2.20. The third-order valence-corrected chi connectivity index (χ3v) is 4.01. The summed E-state index contributed by atoms with van der Waals surface area (Å²) in [5.74, 6) is 0.613. The first-order chi connectivity index (χ1) is 10.2. The molecule has 1 aromatic carbocycles. The third kappa shape index (κ3) is 4.66. The molecule has 1 heterocycles. The van der Waals surface area contributed by atoms with E-state index in [2.05, 4.69) is 19.2 Å². The van der Waals surface area contributed by atoms with Crippen LogP contribution in [-0.2, 0) is 0 Å². The van der Waals surface area contributed by atoms with E-state index in [1.165, 1.54) is 6.42 Å². The number of carbonyl (C=O) groups is 1. The van der Waals surface area contributed by atoms with Crippen LogP contribution in [0.3, 0.4) is 0 Å². The number of amides is 1. The molecule has 0 aromatic heterocycles. The van der Waals surface area contributed by atoms with Crippen LogP contribution in [0.2, 0.25) is 0 Å². The number of hydrogen-bond donors (Lipinski definition) is 1. The van der Waals surface area contributed by atoms with Crippen LogP contribution in [0.1, 0.15) is 46.0 Å². The Bertz CT molecular complexity index is 452. The van der Waals surface area contributed by atoms with E-state index in [0.29, 0.717) is 11.8 Å². The van der Waals surface area contributed by atoms with Gasteiger partial charge in [0.25, 0.3) is 0 Å². The minimum Gasteiger partial charge on any atom is -0.410 e. The van der Waals surface area contributed by atoms with E-state index < -0.39 is 0 Å². The molecule has 21 heavy (non-hydrogen) atoms. The van der Waals surface area contributed by atoms with Crippen LogP contribution in [0.15, 0.2) is 24.3 Å². The van der Waals surface area contributed by atoms with Crippen LogP contribution >= 0.6 is 0 Å². The number of benzene rings is 1. The fraction of sp³-hybridized carbons (Fsp3) is 0.588. The Morgan fingerprint density at radius 1 is 1.24 bits per heavy atom. The lowest BCUT2D eigenvalue weighted by Gasteiger charge is -2.25. The Kier molecular flexibility index (Phi) is 5.90. The molecule has 1 aliphatic heterocycles. The van der Waals surface area contributed by atoms with Crippen LogP contribution < -0.4 is 10.1 Å². The van der Waals surface area contributed by atoms with Crippen molar-refractivity contribution < 1.29 is 9.53 Å². The first-order valence-corrected chi connectivity index (χ1v) is 8.06. The van der Waals surface area contributed by atoms with Gasteiger partial charge in [-0.1, -0.05) is 19.9 Å². The summed E-state index contributed by atoms with van der Waals surface area (Å²) in [5, 5.41) is 3.47. The van der Waals surface area contributed by atoms with Gasteiger partial charge in [0, 0.05) is 30.9 Å². The average Bonchev–Trinajstić information content (AvgIpc) is 2.53. The largest absolute Gasteiger partial charge is 0.415 e. The number of anilines is 1. The van der Waals surface area contributed by atoms with Crippen molar-refractivity contribution in [2.75, 3.05) is 18.4 Å². The highest BCUT2D eigenvalue weighted by molar-refractivity contribution is 5.71. The molecule has 0 atom stereocenters. The van der Waals surface area contributed by atoms with Crippen LogP contribution in [-0.4, -0.2) is 30.1 Å². The van der Waals surface area contributed by atoms with Gasteiger partial charge in [-0.2, -0.15) is 0 Å². The Balaban J connectivity index is 1.95. The summed E-state index contributed by atoms with van der Waals surface area (Å²) in [6.07, 6.45) is 5.28. The minimum absolute atomic E-state index is 0.227. The second-order valence-electron chi connectivity index (χ2n) is 5.60. The molecule has 1 fully saturated rings. The van der Waals surface area contributed by atoms with E-state index in [4.69, 9.17) is 4.74 Å². The monoisotopic (exact) mass is 290 g/mol. The van der Waals surface area contributed by atoms with Gasteiger partial charge in [-0.25, -0.2) is 4.79 Å². The second-order valence-corrected chi connectivity index (χ2v) is 5.60. The quantitative estimate of drug-likeness (QED) is 0.880. The van der Waals surface area contributed by atoms with Crippen molar-refractivity contribution in [3.63, 3.8) is 0 Å². The predicted octanol–water partition coefficient (Wildman–Crippen LogP) is 4.27. The van der Waals surface area contributed by atoms with E-state index in [1.807, 2.05) is 24.3 Å². The number of ether oxygens (including phenoxy) is 1. The van der Waals surface area contributed by atoms with Crippen molar-refractivity contribution in [1.29, 1.82) is 0 Å². The van der Waals surface area contributed by atoms with E-state index >= 15 is 0 Å². The average molecular weight is 290 g/mol. The number of nitrogens with one attached hydrogen (secondary N) is 1. The zero-order chi connectivity index (χ0) is 15.1. The standard InChI is InChI=1S/C17H26N2O2/c1-3-14(4-2)18-15-9-8-10-16(13-15)21-17(20)19-11-6-5-7-12-19/h8-10,13-14,18H,3-7,11-12H2,1-2H3. The molecule has 0 unspecified atom stereocenters. The summed E-state index contributed by atoms with van der Waals surface area (Å²) in [5.41, 5.74) is 1.01. The van der Waals surface area contributed by atoms with Crippen LogP contribution in [0.4, 0.5) is 10.5 Å². The molecule has 4 nitrogen and oxygen atoms in total. The molecule has 0 bridgehead atoms. The first-order valence-electron chi connectivity index (χ1n) is 8.06. The summed E-state index contributed by atoms with van der Waals surface area (Å²) in [6, 6.07) is 8.12. The van der Waals surface area contributed by atoms with E-state index in [0.717, 1.165) is 44.5 Å². The summed E-state index contributed by atoms with van der Waals surface area (Å²) >= 11 is 0. The molecule has 2 rings (SSSR count). The lowest BCUT2D eigenvalue weighted by molar-refractivity contribution is 0.142. The van der Waals surface area contributed by atoms with Gasteiger partial charge in [-0.05, 0) is 44.2 Å². The van der Waals surface area contributed by atoms with E-state index in [9.17, 15) is 4.79 Å². The van der Waals surface area contributed by atoms with Crippen molar-refractivity contribution in [3.05, 3.63) is 24.3 Å². The van der Waals surface area contributed by atoms with Crippen LogP contribution in [0.5, 0.6) is 5.75 Å². The van der Waals surface area contributed by atoms with Crippen molar-refractivity contribution in [2.45, 2.75) is 52.0 Å². The van der Waals surface area contributed by atoms with E-state index in [-0.39, 0.29) is 6.09 Å². The van der Waals surface area contributed by atoms with Gasteiger partial charge in [0.15, 0.2) is 0 Å². The predicted molar refractivity (Wildman–Crippen MR) is 85.9 cm³/mol. The zero-order valence-electron chi connectivity index (χ0n) is 13.1. The number of piperidine rings is 1. The fourth-order valence-corrected chi connectivity index (χ4v) is 2.62. The molecule has 4 heteroatoms. The Morgan fingerprint density at radius 2 is 1.95 bits per heavy atom. The number of carbonyl (C=O) groups excluding carboxylic acids is 1. The Morgan fingerprint density at radius 3 is 2.62 bits per heavy atom. The molecule has 1 aromatic rings. The number of likely N-dealkylation sites (tertiary alicyclic amines) is 1. The molecule has 1 saturated heterocycles. The SMILES string of the molecule is CCC(CC)Nc1cccc(OC(=O)N2CCCCC2)c1. The van der Waals surface area contributed by atoms with Gasteiger partial charge < -0.3 is 15.0 Å². The van der Waals surface area contributed by atoms with Gasteiger partial charge in [-0.3, -0.25) is 0 Å². The van der Waals surface area contributed by atoms with Crippen molar-refractivity contribution in [2.24, 2.45) is 0 Å². The van der Waals surface area contributed by atoms with Gasteiger partial charge >= 0.3 is 6.09 Å². The molecule has 0 aliphatic carbocycles. The van der Waals surface area contributed by atoms with Gasteiger partial charge in [0.1, 0.15) is 5.75 Å². The molecule has 0 radical (unpaired) electrons. The number of nitrogens with zero attached hydrogens (tertiary/aromatic N) is 1. The molecule has 116 valence electrons. The molecule has 1 amide bonds. The zero-order valence-corrected chi connectivity index (χ0v) is 13.1. The number of rotatable bonds is 5. The summed E-state index contributed by atoms with van der Waals surface area (Å²) in [4.78, 5) is 13.9. The molecule has 0 spiro atoms. The molecule has 1 N–H and O–H groups in total. The smallest absolute Gasteiger partial charge is 0.410 e. The van der Waals surface area contributed by atoms with Gasteiger partial charge in [0.05, 0.1) is 0 Å². The normalized spacial score (nSPS) is 15.1. The lowest BCUT2D eigenvalue weighted by Crippen LogP contribution is -2.37. The maximum Gasteiger partial charge on any atom is 0.415 e. The maximum atomic E-state index is 12.1. The fourth-order valence-electron chi connectivity index (χ4n) is 2.62. The summed E-state index contributed by atoms with van der Waals surface area (Å²) in [6.45, 7) is 5.96. The van der Waals surface area contributed by atoms with Crippen molar-refractivity contribution >= 4 is 11.8 Å². The molecule has 1 aliphatic rings. The molecular weight excluding hydrogens is 264 g/mol. The summed E-state index contributed by atoms with van der Waals surface area (Å²) in [7, 11) is 0. The number of hydrogen-bond acceptors (Lipinski definition) is 3. The van der Waals surface area contributed by atoms with E-state index in [1.54, 1.807) is 4.90 Å². The topological polar surface area (TPSA) is 41.6 Å². The van der Waals surface area contributed by atoms with Gasteiger partial charge in [-0.15, -0.1) is 0 Å². The molecular formula is C17H26N2O2. The Labute approximate surface area is 127 Å². The minimum atomic E-state index is -0.227. The first kappa shape index (κ1) is 15.7. The maximum absolute atomic E-state index is 12.1. The van der Waals surface area contributed by atoms with Crippen LogP contribution in [0.25, 0.3) is 0 Å². The van der Waals surface area contributed by atoms with Crippen molar-refractivity contribution in [1.82, 2.24) is 4.90 Å². The van der Waals surface area contributed by atoms with Crippen LogP contribution in [0, 0.1) is 0 Å².